The number of aromatic nitrogens is 2. The lowest BCUT2D eigenvalue weighted by Crippen LogP contribution is -2.13. The normalized spacial score (nSPS) is 19.4. The second-order valence-electron chi connectivity index (χ2n) is 9.04. The van der Waals surface area contributed by atoms with E-state index in [1.54, 1.807) is 6.07 Å². The first-order valence-corrected chi connectivity index (χ1v) is 11.8. The Morgan fingerprint density at radius 2 is 1.69 bits per heavy atom. The van der Waals surface area contributed by atoms with Gasteiger partial charge in [-0.2, -0.15) is 10.2 Å². The van der Waals surface area contributed by atoms with Crippen molar-refractivity contribution in [2.24, 2.45) is 11.8 Å². The second-order valence-corrected chi connectivity index (χ2v) is 9.04. The summed E-state index contributed by atoms with van der Waals surface area (Å²) in [6.07, 6.45) is 14.5. The molecular formula is C26H37FN2. The zero-order valence-electron chi connectivity index (χ0n) is 18.3. The average Bonchev–Trinajstić information content (AvgIpc) is 2.74. The highest BCUT2D eigenvalue weighted by Gasteiger charge is 2.18. The molecule has 1 saturated carbocycles. The lowest BCUT2D eigenvalue weighted by atomic mass is 9.80. The SMILES string of the molecule is CCCCCCCc1ccc(-c2ccc(CCC3CCC(C)CC3)c(F)c2)nn1. The largest absolute Gasteiger partial charge is 0.207 e. The number of benzene rings is 1. The maximum absolute atomic E-state index is 14.7. The summed E-state index contributed by atoms with van der Waals surface area (Å²) in [5.74, 6) is 1.54. The fraction of sp³-hybridized carbons (Fsp3) is 0.615. The zero-order chi connectivity index (χ0) is 20.5. The number of aryl methyl sites for hydroxylation is 2. The van der Waals surface area contributed by atoms with Crippen molar-refractivity contribution in [2.45, 2.75) is 90.9 Å². The monoisotopic (exact) mass is 396 g/mol. The van der Waals surface area contributed by atoms with E-state index in [0.717, 1.165) is 60.0 Å². The van der Waals surface area contributed by atoms with E-state index in [2.05, 4.69) is 24.0 Å². The van der Waals surface area contributed by atoms with E-state index in [1.807, 2.05) is 24.3 Å². The van der Waals surface area contributed by atoms with E-state index < -0.39 is 0 Å². The minimum absolute atomic E-state index is 0.103. The van der Waals surface area contributed by atoms with Crippen LogP contribution >= 0.6 is 0 Å². The topological polar surface area (TPSA) is 25.8 Å². The van der Waals surface area contributed by atoms with Gasteiger partial charge in [-0.1, -0.05) is 77.3 Å². The third kappa shape index (κ3) is 6.90. The molecule has 2 aromatic rings. The Hall–Kier alpha value is -1.77. The third-order valence-corrected chi connectivity index (χ3v) is 6.56. The highest BCUT2D eigenvalue weighted by molar-refractivity contribution is 5.59. The van der Waals surface area contributed by atoms with Crippen LogP contribution in [0.15, 0.2) is 30.3 Å². The van der Waals surface area contributed by atoms with Crippen LogP contribution in [0, 0.1) is 17.7 Å². The molecule has 0 spiro atoms. The van der Waals surface area contributed by atoms with Crippen molar-refractivity contribution in [3.63, 3.8) is 0 Å². The van der Waals surface area contributed by atoms with Crippen LogP contribution < -0.4 is 0 Å². The molecule has 0 atom stereocenters. The van der Waals surface area contributed by atoms with Crippen LogP contribution in [0.3, 0.4) is 0 Å². The van der Waals surface area contributed by atoms with Gasteiger partial charge in [-0.3, -0.25) is 0 Å². The highest BCUT2D eigenvalue weighted by atomic mass is 19.1. The molecule has 158 valence electrons. The summed E-state index contributed by atoms with van der Waals surface area (Å²) in [4.78, 5) is 0. The van der Waals surface area contributed by atoms with Crippen molar-refractivity contribution >= 4 is 0 Å². The quantitative estimate of drug-likeness (QED) is 0.387. The molecule has 0 saturated heterocycles. The third-order valence-electron chi connectivity index (χ3n) is 6.56. The zero-order valence-corrected chi connectivity index (χ0v) is 18.3. The van der Waals surface area contributed by atoms with E-state index >= 15 is 0 Å². The molecule has 0 aliphatic heterocycles. The van der Waals surface area contributed by atoms with Gasteiger partial charge in [-0.25, -0.2) is 4.39 Å². The Kier molecular flexibility index (Phi) is 8.64. The van der Waals surface area contributed by atoms with E-state index in [4.69, 9.17) is 0 Å². The van der Waals surface area contributed by atoms with Gasteiger partial charge in [0.15, 0.2) is 0 Å². The van der Waals surface area contributed by atoms with Gasteiger partial charge in [0, 0.05) is 5.56 Å². The highest BCUT2D eigenvalue weighted by Crippen LogP contribution is 2.31. The standard InChI is InChI=1S/C26H37FN2/c1-3-4-5-6-7-8-24-17-18-26(29-28-24)23-16-15-22(25(27)19-23)14-13-21-11-9-20(2)10-12-21/h15-21H,3-14H2,1-2H3. The van der Waals surface area contributed by atoms with Gasteiger partial charge in [-0.05, 0) is 61.3 Å². The van der Waals surface area contributed by atoms with Crippen LogP contribution in [0.25, 0.3) is 11.3 Å². The van der Waals surface area contributed by atoms with Gasteiger partial charge in [0.1, 0.15) is 5.82 Å². The van der Waals surface area contributed by atoms with Crippen LogP contribution in [0.2, 0.25) is 0 Å². The Morgan fingerprint density at radius 1 is 0.897 bits per heavy atom. The van der Waals surface area contributed by atoms with E-state index in [0.29, 0.717) is 0 Å². The molecule has 0 unspecified atom stereocenters. The minimum atomic E-state index is -0.103. The summed E-state index contributed by atoms with van der Waals surface area (Å²) in [5.41, 5.74) is 3.44. The molecule has 1 fully saturated rings. The smallest absolute Gasteiger partial charge is 0.127 e. The number of halogens is 1. The van der Waals surface area contributed by atoms with Crippen molar-refractivity contribution < 1.29 is 4.39 Å². The molecule has 1 heterocycles. The fourth-order valence-corrected chi connectivity index (χ4v) is 4.44. The number of unbranched alkanes of at least 4 members (excludes halogenated alkanes) is 4. The van der Waals surface area contributed by atoms with Crippen molar-refractivity contribution in [3.8, 4) is 11.3 Å². The van der Waals surface area contributed by atoms with Gasteiger partial charge in [0.25, 0.3) is 0 Å². The molecular weight excluding hydrogens is 359 g/mol. The lowest BCUT2D eigenvalue weighted by Gasteiger charge is -2.26. The Bertz CT molecular complexity index is 733. The maximum Gasteiger partial charge on any atom is 0.127 e. The molecule has 3 heteroatoms. The maximum atomic E-state index is 14.7. The van der Waals surface area contributed by atoms with Crippen LogP contribution in [0.1, 0.15) is 89.3 Å². The summed E-state index contributed by atoms with van der Waals surface area (Å²) in [6.45, 7) is 4.58. The first-order chi connectivity index (χ1) is 14.2. The van der Waals surface area contributed by atoms with Crippen LogP contribution in [0.5, 0.6) is 0 Å². The average molecular weight is 397 g/mol. The van der Waals surface area contributed by atoms with Crippen molar-refractivity contribution in [1.29, 1.82) is 0 Å². The molecule has 3 rings (SSSR count). The Labute approximate surface area is 176 Å². The van der Waals surface area contributed by atoms with Gasteiger partial charge in [0.2, 0.25) is 0 Å². The van der Waals surface area contributed by atoms with Crippen molar-refractivity contribution in [3.05, 3.63) is 47.4 Å². The minimum Gasteiger partial charge on any atom is -0.207 e. The van der Waals surface area contributed by atoms with Crippen LogP contribution in [0.4, 0.5) is 4.39 Å². The summed E-state index contributed by atoms with van der Waals surface area (Å²) in [5, 5.41) is 8.70. The predicted octanol–water partition coefficient (Wildman–Crippen LogP) is 7.55. The molecule has 1 aromatic heterocycles. The van der Waals surface area contributed by atoms with E-state index in [9.17, 15) is 4.39 Å². The molecule has 29 heavy (non-hydrogen) atoms. The lowest BCUT2D eigenvalue weighted by molar-refractivity contribution is 0.277. The first-order valence-electron chi connectivity index (χ1n) is 11.8. The van der Waals surface area contributed by atoms with Crippen LogP contribution in [-0.4, -0.2) is 10.2 Å². The number of hydrogen-bond acceptors (Lipinski definition) is 2. The fourth-order valence-electron chi connectivity index (χ4n) is 4.44. The van der Waals surface area contributed by atoms with Crippen molar-refractivity contribution in [1.82, 2.24) is 10.2 Å². The molecule has 0 amide bonds. The number of nitrogens with zero attached hydrogens (tertiary/aromatic N) is 2. The molecule has 1 aliphatic rings. The Balaban J connectivity index is 1.51. The molecule has 0 bridgehead atoms. The van der Waals surface area contributed by atoms with Crippen molar-refractivity contribution in [2.75, 3.05) is 0 Å². The molecule has 1 aromatic carbocycles. The number of rotatable bonds is 10. The molecule has 0 radical (unpaired) electrons. The van der Waals surface area contributed by atoms with Gasteiger partial charge >= 0.3 is 0 Å². The van der Waals surface area contributed by atoms with Crippen LogP contribution in [-0.2, 0) is 12.8 Å². The number of hydrogen-bond donors (Lipinski definition) is 0. The summed E-state index contributed by atoms with van der Waals surface area (Å²) in [7, 11) is 0. The first kappa shape index (κ1) is 21.9. The van der Waals surface area contributed by atoms with Gasteiger partial charge in [0.05, 0.1) is 11.4 Å². The Morgan fingerprint density at radius 3 is 2.38 bits per heavy atom. The van der Waals surface area contributed by atoms with E-state index in [-0.39, 0.29) is 5.82 Å². The summed E-state index contributed by atoms with van der Waals surface area (Å²) < 4.78 is 14.7. The summed E-state index contributed by atoms with van der Waals surface area (Å²) in [6, 6.07) is 9.59. The van der Waals surface area contributed by atoms with Gasteiger partial charge in [-0.15, -0.1) is 0 Å². The van der Waals surface area contributed by atoms with Gasteiger partial charge < -0.3 is 0 Å². The predicted molar refractivity (Wildman–Crippen MR) is 119 cm³/mol. The second kappa shape index (κ2) is 11.4. The molecule has 1 aliphatic carbocycles. The molecule has 2 nitrogen and oxygen atoms in total. The molecule has 0 N–H and O–H groups in total. The summed E-state index contributed by atoms with van der Waals surface area (Å²) >= 11 is 0. The van der Waals surface area contributed by atoms with E-state index in [1.165, 1.54) is 51.4 Å².